The van der Waals surface area contributed by atoms with E-state index in [9.17, 15) is 14.5 Å². The Morgan fingerprint density at radius 2 is 2.11 bits per heavy atom. The maximum Gasteiger partial charge on any atom is 0.323 e. The predicted octanol–water partition coefficient (Wildman–Crippen LogP) is 2.33. The molecule has 2 aliphatic heterocycles. The first-order valence-electron chi connectivity index (χ1n) is 12.0. The number of benzene rings is 1. The molecule has 2 amide bonds. The van der Waals surface area contributed by atoms with E-state index in [-0.39, 0.29) is 17.5 Å². The van der Waals surface area contributed by atoms with Crippen molar-refractivity contribution < 1.29 is 14.5 Å². The molecule has 2 aromatic rings. The lowest BCUT2D eigenvalue weighted by atomic mass is 9.77. The van der Waals surface area contributed by atoms with Crippen molar-refractivity contribution in [3.63, 3.8) is 0 Å². The quantitative estimate of drug-likeness (QED) is 0.530. The van der Waals surface area contributed by atoms with Gasteiger partial charge in [-0.25, -0.2) is 4.79 Å². The summed E-state index contributed by atoms with van der Waals surface area (Å²) >= 11 is -1.36. The Kier molecular flexibility index (Phi) is 6.73. The van der Waals surface area contributed by atoms with Crippen molar-refractivity contribution in [1.29, 1.82) is 0 Å². The summed E-state index contributed by atoms with van der Waals surface area (Å²) in [6, 6.07) is 11.4. The first-order valence-corrected chi connectivity index (χ1v) is 13.1. The number of hydrogen-bond acceptors (Lipinski definition) is 6. The molecule has 186 valence electrons. The number of likely N-dealkylation sites (tertiary alicyclic amines) is 2. The van der Waals surface area contributed by atoms with Crippen LogP contribution in [0.25, 0.3) is 0 Å². The fourth-order valence-corrected chi connectivity index (χ4v) is 6.36. The molecule has 1 aromatic heterocycles. The number of urea groups is 1. The van der Waals surface area contributed by atoms with Gasteiger partial charge in [0.1, 0.15) is 6.23 Å². The topological polar surface area (TPSA) is 109 Å². The number of aryl methyl sites for hydroxylation is 1. The number of nitrogens with one attached hydrogen (secondary N) is 2. The lowest BCUT2D eigenvalue weighted by Gasteiger charge is -2.29. The molecule has 4 atom stereocenters. The normalized spacial score (nSPS) is 25.8. The van der Waals surface area contributed by atoms with E-state index in [2.05, 4.69) is 15.1 Å². The van der Waals surface area contributed by atoms with Crippen molar-refractivity contribution in [2.24, 2.45) is 12.5 Å². The van der Waals surface area contributed by atoms with Crippen LogP contribution in [-0.4, -0.2) is 67.2 Å². The van der Waals surface area contributed by atoms with Crippen LogP contribution in [0.15, 0.2) is 65.2 Å². The third-order valence-electron chi connectivity index (χ3n) is 7.25. The molecule has 10 heteroatoms. The number of allylic oxidation sites excluding steroid dienone is 1. The van der Waals surface area contributed by atoms with Gasteiger partial charge in [0.2, 0.25) is 0 Å². The number of aliphatic hydroxyl groups is 1. The summed E-state index contributed by atoms with van der Waals surface area (Å²) in [5, 5.41) is 17.4. The average Bonchev–Trinajstić information content (AvgIpc) is 3.56. The Morgan fingerprint density at radius 3 is 2.80 bits per heavy atom. The second-order valence-electron chi connectivity index (χ2n) is 9.60. The fraction of sp³-hybridized carbons (Fsp3) is 0.440. The third kappa shape index (κ3) is 4.89. The number of carbonyl (C=O) groups excluding carboxylic acids is 1. The highest BCUT2D eigenvalue weighted by atomic mass is 32.2. The van der Waals surface area contributed by atoms with Crippen molar-refractivity contribution in [3.05, 3.63) is 70.8 Å². The Labute approximate surface area is 208 Å². The van der Waals surface area contributed by atoms with Gasteiger partial charge in [0.15, 0.2) is 10.7 Å². The van der Waals surface area contributed by atoms with Gasteiger partial charge in [-0.3, -0.25) is 14.9 Å². The maximum absolute atomic E-state index is 13.3. The van der Waals surface area contributed by atoms with Gasteiger partial charge in [0.25, 0.3) is 0 Å². The van der Waals surface area contributed by atoms with Crippen LogP contribution in [0.5, 0.6) is 0 Å². The molecule has 1 aliphatic carbocycles. The molecule has 3 aliphatic rings. The number of hydrogen-bond donors (Lipinski definition) is 3. The molecule has 0 saturated carbocycles. The lowest BCUT2D eigenvalue weighted by Crippen LogP contribution is -2.40. The van der Waals surface area contributed by atoms with Gasteiger partial charge >= 0.3 is 6.03 Å². The van der Waals surface area contributed by atoms with Crippen LogP contribution in [0.1, 0.15) is 25.3 Å². The maximum atomic E-state index is 13.3. The summed E-state index contributed by atoms with van der Waals surface area (Å²) in [5.74, 6) is 0.513. The number of carbonyl (C=O) groups is 1. The first-order chi connectivity index (χ1) is 16.8. The van der Waals surface area contributed by atoms with Crippen LogP contribution in [0, 0.1) is 5.41 Å². The van der Waals surface area contributed by atoms with Crippen molar-refractivity contribution in [3.8, 4) is 0 Å². The van der Waals surface area contributed by atoms with Crippen molar-refractivity contribution in [2.75, 3.05) is 25.0 Å². The highest BCUT2D eigenvalue weighted by molar-refractivity contribution is 7.93. The number of rotatable bonds is 6. The molecule has 5 rings (SSSR count). The van der Waals surface area contributed by atoms with Crippen LogP contribution in [0.3, 0.4) is 0 Å². The monoisotopic (exact) mass is 496 g/mol. The SMILES string of the molecule is CC(O)N1CCC2(C1)CN(C(=O)Nc1ccn(C)n1)C1CC=C([S+]([O-])NCc3ccccc3)C=C12. The minimum atomic E-state index is -1.36. The van der Waals surface area contributed by atoms with Gasteiger partial charge in [-0.15, -0.1) is 4.72 Å². The van der Waals surface area contributed by atoms with Crippen molar-refractivity contribution in [2.45, 2.75) is 38.6 Å². The second kappa shape index (κ2) is 9.79. The van der Waals surface area contributed by atoms with Crippen molar-refractivity contribution >= 4 is 23.2 Å². The summed E-state index contributed by atoms with van der Waals surface area (Å²) in [6.45, 7) is 4.26. The molecular formula is C25H32N6O3S. The average molecular weight is 497 g/mol. The molecule has 35 heavy (non-hydrogen) atoms. The molecule has 0 radical (unpaired) electrons. The number of fused-ring (bicyclic) bond motifs is 2. The highest BCUT2D eigenvalue weighted by Gasteiger charge is 2.54. The van der Waals surface area contributed by atoms with Gasteiger partial charge in [-0.2, -0.15) is 5.10 Å². The van der Waals surface area contributed by atoms with Gasteiger partial charge in [-0.05, 0) is 43.1 Å². The molecule has 4 unspecified atom stereocenters. The first kappa shape index (κ1) is 24.1. The standard InChI is InChI=1S/C25H32N6O3S/c1-18(32)30-13-11-25(16-30)17-31(24(33)27-23-10-12-29(2)28-23)22-9-8-20(14-21(22)25)35(34)26-15-19-6-4-3-5-7-19/h3-8,10,12,14,18,22,26,32H,9,11,13,15-17H2,1-2H3,(H,27,28,33). The number of anilines is 1. The highest BCUT2D eigenvalue weighted by Crippen LogP contribution is 2.50. The number of aliphatic hydroxyl groups excluding tert-OH is 1. The third-order valence-corrected chi connectivity index (χ3v) is 8.37. The fourth-order valence-electron chi connectivity index (χ4n) is 5.41. The van der Waals surface area contributed by atoms with Crippen LogP contribution >= 0.6 is 0 Å². The molecule has 2 fully saturated rings. The largest absolute Gasteiger partial charge is 0.593 e. The summed E-state index contributed by atoms with van der Waals surface area (Å²) in [5.41, 5.74) is 1.93. The zero-order valence-electron chi connectivity index (χ0n) is 20.1. The predicted molar refractivity (Wildman–Crippen MR) is 135 cm³/mol. The van der Waals surface area contributed by atoms with Crippen molar-refractivity contribution in [1.82, 2.24) is 24.3 Å². The van der Waals surface area contributed by atoms with E-state index < -0.39 is 17.6 Å². The van der Waals surface area contributed by atoms with E-state index in [1.807, 2.05) is 59.3 Å². The molecule has 3 heterocycles. The van der Waals surface area contributed by atoms with E-state index in [4.69, 9.17) is 0 Å². The van der Waals surface area contributed by atoms with E-state index >= 15 is 0 Å². The summed E-state index contributed by atoms with van der Waals surface area (Å²) in [7, 11) is 1.81. The van der Waals surface area contributed by atoms with Crippen LogP contribution in [0.4, 0.5) is 10.6 Å². The Hall–Kier alpha value is -2.63. The van der Waals surface area contributed by atoms with Gasteiger partial charge in [-0.1, -0.05) is 30.3 Å². The lowest BCUT2D eigenvalue weighted by molar-refractivity contribution is 0.0305. The molecule has 1 aromatic carbocycles. The van der Waals surface area contributed by atoms with Gasteiger partial charge in [0, 0.05) is 44.4 Å². The number of aromatic nitrogens is 2. The van der Waals surface area contributed by atoms with Gasteiger partial charge < -0.3 is 14.6 Å². The summed E-state index contributed by atoms with van der Waals surface area (Å²) in [6.07, 6.45) is 6.69. The smallest absolute Gasteiger partial charge is 0.323 e. The molecule has 9 nitrogen and oxygen atoms in total. The Bertz CT molecular complexity index is 1130. The number of nitrogens with zero attached hydrogens (tertiary/aromatic N) is 4. The molecule has 3 N–H and O–H groups in total. The molecule has 0 bridgehead atoms. The minimum Gasteiger partial charge on any atom is -0.593 e. The zero-order valence-corrected chi connectivity index (χ0v) is 20.9. The van der Waals surface area contributed by atoms with E-state index in [0.717, 1.165) is 29.0 Å². The Balaban J connectivity index is 1.36. The Morgan fingerprint density at radius 1 is 1.31 bits per heavy atom. The minimum absolute atomic E-state index is 0.109. The van der Waals surface area contributed by atoms with E-state index in [1.54, 1.807) is 23.9 Å². The molecular weight excluding hydrogens is 464 g/mol. The second-order valence-corrected chi connectivity index (χ2v) is 10.9. The zero-order chi connectivity index (χ0) is 24.6. The summed E-state index contributed by atoms with van der Waals surface area (Å²) < 4.78 is 17.9. The summed E-state index contributed by atoms with van der Waals surface area (Å²) in [4.78, 5) is 18.0. The van der Waals surface area contributed by atoms with Crippen LogP contribution in [-0.2, 0) is 25.0 Å². The van der Waals surface area contributed by atoms with E-state index in [1.165, 1.54) is 0 Å². The van der Waals surface area contributed by atoms with Gasteiger partial charge in [0.05, 0.1) is 23.9 Å². The van der Waals surface area contributed by atoms with Crippen LogP contribution < -0.4 is 10.0 Å². The molecule has 2 saturated heterocycles. The molecule has 1 spiro atoms. The van der Waals surface area contributed by atoms with Crippen LogP contribution in [0.2, 0.25) is 0 Å². The van der Waals surface area contributed by atoms with E-state index in [0.29, 0.717) is 31.9 Å². The number of amides is 2.